The summed E-state index contributed by atoms with van der Waals surface area (Å²) in [5, 5.41) is 2.76. The number of thiazole rings is 1. The Bertz CT molecular complexity index is 1080. The molecule has 0 saturated carbocycles. The van der Waals surface area contributed by atoms with Gasteiger partial charge in [0.1, 0.15) is 4.70 Å². The van der Waals surface area contributed by atoms with Crippen molar-refractivity contribution in [3.05, 3.63) is 75.4 Å². The smallest absolute Gasteiger partial charge is 0.260 e. The van der Waals surface area contributed by atoms with E-state index in [-0.39, 0.29) is 5.56 Å². The molecule has 2 aromatic heterocycles. The summed E-state index contributed by atoms with van der Waals surface area (Å²) in [6, 6.07) is 16.5. The van der Waals surface area contributed by atoms with Gasteiger partial charge in [0, 0.05) is 6.07 Å². The second-order valence-corrected chi connectivity index (χ2v) is 5.63. The summed E-state index contributed by atoms with van der Waals surface area (Å²) in [7, 11) is 0. The van der Waals surface area contributed by atoms with E-state index in [2.05, 4.69) is 5.10 Å². The lowest BCUT2D eigenvalue weighted by Gasteiger charge is -2.00. The molecule has 0 bridgehead atoms. The maximum atomic E-state index is 12.7. The van der Waals surface area contributed by atoms with E-state index in [9.17, 15) is 9.59 Å². The number of hydrogen-bond donors (Lipinski definition) is 1. The summed E-state index contributed by atoms with van der Waals surface area (Å²) in [5.41, 5.74) is 0.619. The molecule has 0 aliphatic rings. The Hall–Kier alpha value is -2.73. The summed E-state index contributed by atoms with van der Waals surface area (Å²) in [6.07, 6.45) is 0. The second-order valence-electron chi connectivity index (χ2n) is 4.60. The van der Waals surface area contributed by atoms with Gasteiger partial charge in [-0.15, -0.1) is 5.10 Å². The van der Waals surface area contributed by atoms with E-state index in [1.54, 1.807) is 28.8 Å². The Kier molecular flexibility index (Phi) is 2.52. The number of aromatic amines is 1. The lowest BCUT2D eigenvalue weighted by molar-refractivity contribution is -0.552. The highest BCUT2D eigenvalue weighted by Gasteiger charge is 2.21. The first-order valence-corrected chi connectivity index (χ1v) is 7.21. The van der Waals surface area contributed by atoms with Crippen molar-refractivity contribution in [1.29, 1.82) is 0 Å². The lowest BCUT2D eigenvalue weighted by Crippen LogP contribution is -2.45. The average molecular weight is 296 g/mol. The summed E-state index contributed by atoms with van der Waals surface area (Å²) in [4.78, 5) is 25.4. The van der Waals surface area contributed by atoms with Gasteiger partial charge < -0.3 is 0 Å². The van der Waals surface area contributed by atoms with E-state index >= 15 is 0 Å². The van der Waals surface area contributed by atoms with Crippen molar-refractivity contribution in [2.75, 3.05) is 0 Å². The normalized spacial score (nSPS) is 11.2. The molecule has 0 fully saturated rings. The third-order valence-electron chi connectivity index (χ3n) is 3.33. The molecule has 0 atom stereocenters. The third-order valence-corrected chi connectivity index (χ3v) is 4.44. The van der Waals surface area contributed by atoms with Crippen molar-refractivity contribution in [2.45, 2.75) is 0 Å². The fraction of sp³-hybridized carbons (Fsp3) is 0. The second kappa shape index (κ2) is 4.39. The number of rotatable bonds is 1. The van der Waals surface area contributed by atoms with Crippen LogP contribution in [0.3, 0.4) is 0 Å². The van der Waals surface area contributed by atoms with Gasteiger partial charge in [-0.25, -0.2) is 9.36 Å². The minimum absolute atomic E-state index is 0.314. The highest BCUT2D eigenvalue weighted by atomic mass is 32.1. The SMILES string of the molecule is O=c1[nH][n+]2c(sc3ccccc32)c(=O)n1-c1ccccc1. The van der Waals surface area contributed by atoms with Gasteiger partial charge in [-0.2, -0.15) is 0 Å². The van der Waals surface area contributed by atoms with Crippen LogP contribution in [0.15, 0.2) is 64.2 Å². The fourth-order valence-electron chi connectivity index (χ4n) is 2.38. The van der Waals surface area contributed by atoms with Gasteiger partial charge in [0.2, 0.25) is 0 Å². The molecule has 2 aromatic carbocycles. The molecule has 5 nitrogen and oxygen atoms in total. The molecule has 6 heteroatoms. The van der Waals surface area contributed by atoms with Crippen LogP contribution in [0.5, 0.6) is 0 Å². The van der Waals surface area contributed by atoms with Gasteiger partial charge >= 0.3 is 16.1 Å². The minimum Gasteiger partial charge on any atom is -0.260 e. The van der Waals surface area contributed by atoms with Crippen LogP contribution in [0.25, 0.3) is 20.7 Å². The molecule has 4 aromatic rings. The number of para-hydroxylation sites is 2. The molecule has 0 aliphatic carbocycles. The summed E-state index contributed by atoms with van der Waals surface area (Å²) < 4.78 is 3.67. The molecular weight excluding hydrogens is 286 g/mol. The van der Waals surface area contributed by atoms with Crippen molar-refractivity contribution >= 4 is 26.4 Å². The van der Waals surface area contributed by atoms with Gasteiger partial charge in [0.15, 0.2) is 0 Å². The van der Waals surface area contributed by atoms with Crippen LogP contribution in [0.2, 0.25) is 0 Å². The molecular formula is C15H10N3O2S+. The quantitative estimate of drug-likeness (QED) is 0.541. The first-order valence-electron chi connectivity index (χ1n) is 6.40. The van der Waals surface area contributed by atoms with E-state index in [1.165, 1.54) is 11.3 Å². The van der Waals surface area contributed by atoms with Crippen LogP contribution in [-0.4, -0.2) is 9.67 Å². The molecule has 0 radical (unpaired) electrons. The standard InChI is InChI=1S/C15H9N3O2S/c19-13-14-18(11-8-4-5-9-12(11)21-14)16-15(20)17(13)10-6-2-1-3-7-10/h1-9H/p+1. The zero-order valence-electron chi connectivity index (χ0n) is 10.8. The largest absolute Gasteiger partial charge is 0.382 e. The van der Waals surface area contributed by atoms with E-state index in [1.807, 2.05) is 30.3 Å². The zero-order valence-corrected chi connectivity index (χ0v) is 11.6. The summed E-state index contributed by atoms with van der Waals surface area (Å²) in [6.45, 7) is 0. The van der Waals surface area contributed by atoms with Gasteiger partial charge in [-0.05, 0) is 18.2 Å². The van der Waals surface area contributed by atoms with Gasteiger partial charge in [-0.1, -0.05) is 46.2 Å². The highest BCUT2D eigenvalue weighted by Crippen LogP contribution is 2.17. The van der Waals surface area contributed by atoms with Crippen LogP contribution in [0, 0.1) is 0 Å². The topological polar surface area (TPSA) is 59.0 Å². The van der Waals surface area contributed by atoms with Crippen LogP contribution >= 0.6 is 11.3 Å². The average Bonchev–Trinajstić information content (AvgIpc) is 2.88. The fourth-order valence-corrected chi connectivity index (χ4v) is 3.42. The molecule has 2 heterocycles. The molecule has 1 N–H and O–H groups in total. The van der Waals surface area contributed by atoms with Crippen molar-refractivity contribution in [1.82, 2.24) is 9.67 Å². The summed E-state index contributed by atoms with van der Waals surface area (Å²) in [5.74, 6) is 0. The Morgan fingerprint density at radius 2 is 1.67 bits per heavy atom. The highest BCUT2D eigenvalue weighted by molar-refractivity contribution is 7.23. The van der Waals surface area contributed by atoms with Crippen molar-refractivity contribution in [3.63, 3.8) is 0 Å². The van der Waals surface area contributed by atoms with Crippen LogP contribution < -0.4 is 15.8 Å². The van der Waals surface area contributed by atoms with Crippen molar-refractivity contribution in [3.8, 4) is 5.69 Å². The number of benzene rings is 2. The Morgan fingerprint density at radius 1 is 0.952 bits per heavy atom. The lowest BCUT2D eigenvalue weighted by atomic mass is 10.3. The maximum absolute atomic E-state index is 12.7. The van der Waals surface area contributed by atoms with Crippen molar-refractivity contribution < 1.29 is 4.52 Å². The van der Waals surface area contributed by atoms with E-state index in [0.29, 0.717) is 10.5 Å². The monoisotopic (exact) mass is 296 g/mol. The van der Waals surface area contributed by atoms with Crippen LogP contribution in [0.4, 0.5) is 0 Å². The maximum Gasteiger partial charge on any atom is 0.382 e. The van der Waals surface area contributed by atoms with Crippen molar-refractivity contribution in [2.24, 2.45) is 0 Å². The molecule has 0 saturated heterocycles. The van der Waals surface area contributed by atoms with E-state index in [4.69, 9.17) is 0 Å². The number of fused-ring (bicyclic) bond motifs is 3. The number of hydrogen-bond acceptors (Lipinski definition) is 3. The number of aromatic nitrogens is 3. The minimum atomic E-state index is -0.452. The molecule has 21 heavy (non-hydrogen) atoms. The molecule has 102 valence electrons. The molecule has 0 aliphatic heterocycles. The van der Waals surface area contributed by atoms with E-state index < -0.39 is 5.69 Å². The number of nitrogens with zero attached hydrogens (tertiary/aromatic N) is 2. The Morgan fingerprint density at radius 3 is 2.48 bits per heavy atom. The molecule has 0 spiro atoms. The predicted molar refractivity (Wildman–Crippen MR) is 81.2 cm³/mol. The third kappa shape index (κ3) is 1.73. The van der Waals surface area contributed by atoms with Gasteiger partial charge in [0.25, 0.3) is 5.52 Å². The predicted octanol–water partition coefficient (Wildman–Crippen LogP) is 1.48. The number of H-pyrrole nitrogens is 1. The number of nitrogens with one attached hydrogen (secondary N) is 1. The first-order chi connectivity index (χ1) is 10.3. The van der Waals surface area contributed by atoms with Gasteiger partial charge in [0.05, 0.1) is 5.69 Å². The zero-order chi connectivity index (χ0) is 14.4. The first kappa shape index (κ1) is 12.0. The van der Waals surface area contributed by atoms with Gasteiger partial charge in [-0.3, -0.25) is 4.79 Å². The van der Waals surface area contributed by atoms with Crippen LogP contribution in [-0.2, 0) is 0 Å². The Labute approximate surface area is 122 Å². The van der Waals surface area contributed by atoms with E-state index in [0.717, 1.165) is 14.8 Å². The summed E-state index contributed by atoms with van der Waals surface area (Å²) >= 11 is 1.37. The molecule has 4 rings (SSSR count). The van der Waals surface area contributed by atoms with Crippen LogP contribution in [0.1, 0.15) is 0 Å². The molecule has 0 amide bonds. The molecule has 0 unspecified atom stereocenters. The Balaban J connectivity index is 2.18.